The fourth-order valence-corrected chi connectivity index (χ4v) is 6.07. The third-order valence-corrected chi connectivity index (χ3v) is 8.87. The van der Waals surface area contributed by atoms with Crippen LogP contribution >= 0.6 is 0 Å². The van der Waals surface area contributed by atoms with Crippen LogP contribution in [0.2, 0.25) is 0 Å². The molecule has 10 nitrogen and oxygen atoms in total. The highest BCUT2D eigenvalue weighted by molar-refractivity contribution is 7.87. The number of allylic oxidation sites excluding steroid dienone is 1. The van der Waals surface area contributed by atoms with Gasteiger partial charge >= 0.3 is 5.69 Å². The first-order valence-corrected chi connectivity index (χ1v) is 15.4. The van der Waals surface area contributed by atoms with Crippen LogP contribution in [0.1, 0.15) is 6.92 Å². The monoisotopic (exact) mass is 585 g/mol. The molecule has 0 bridgehead atoms. The van der Waals surface area contributed by atoms with E-state index in [1.807, 2.05) is 24.3 Å². The van der Waals surface area contributed by atoms with E-state index in [0.29, 0.717) is 12.2 Å². The topological polar surface area (TPSA) is 117 Å². The third-order valence-electron chi connectivity index (χ3n) is 6.21. The Morgan fingerprint density at radius 1 is 0.725 bits per heavy atom. The molecule has 212 valence electrons. The van der Waals surface area contributed by atoms with E-state index in [4.69, 9.17) is 8.37 Å². The molecule has 0 fully saturated rings. The molecule has 4 aromatic rings. The SMILES string of the molecule is C=C(C)n1c(=O)n(CCN(CCOS(=O)(=O)c2ccccc2)CCOS(=O)(=O)c2ccccc2)c2ccccc21. The van der Waals surface area contributed by atoms with Crippen LogP contribution in [-0.4, -0.2) is 63.7 Å². The average Bonchev–Trinajstić information content (AvgIpc) is 3.23. The Hall–Kier alpha value is -3.55. The largest absolute Gasteiger partial charge is 0.333 e. The smallest absolute Gasteiger partial charge is 0.297 e. The van der Waals surface area contributed by atoms with E-state index in [-0.39, 0.29) is 48.3 Å². The average molecular weight is 586 g/mol. The van der Waals surface area contributed by atoms with E-state index in [0.717, 1.165) is 11.0 Å². The van der Waals surface area contributed by atoms with Crippen LogP contribution in [-0.2, 0) is 35.1 Å². The molecule has 3 aromatic carbocycles. The predicted octanol–water partition coefficient (Wildman–Crippen LogP) is 3.41. The summed E-state index contributed by atoms with van der Waals surface area (Å²) in [5.41, 5.74) is 1.78. The maximum Gasteiger partial charge on any atom is 0.333 e. The Morgan fingerprint density at radius 3 is 1.65 bits per heavy atom. The van der Waals surface area contributed by atoms with Crippen molar-refractivity contribution < 1.29 is 25.2 Å². The molecule has 0 saturated heterocycles. The summed E-state index contributed by atoms with van der Waals surface area (Å²) in [6, 6.07) is 23.0. The van der Waals surface area contributed by atoms with Gasteiger partial charge in [-0.1, -0.05) is 55.1 Å². The molecular weight excluding hydrogens is 554 g/mol. The Kier molecular flexibility index (Phi) is 9.38. The van der Waals surface area contributed by atoms with Gasteiger partial charge in [0.1, 0.15) is 0 Å². The molecule has 1 heterocycles. The number of hydrogen-bond acceptors (Lipinski definition) is 8. The summed E-state index contributed by atoms with van der Waals surface area (Å²) in [6.45, 7) is 6.17. The minimum Gasteiger partial charge on any atom is -0.297 e. The van der Waals surface area contributed by atoms with Crippen molar-refractivity contribution in [2.75, 3.05) is 32.8 Å². The second-order valence-electron chi connectivity index (χ2n) is 9.01. The van der Waals surface area contributed by atoms with Crippen LogP contribution in [0.5, 0.6) is 0 Å². The Morgan fingerprint density at radius 2 is 1.18 bits per heavy atom. The highest BCUT2D eigenvalue weighted by Gasteiger charge is 2.19. The van der Waals surface area contributed by atoms with Crippen LogP contribution in [0.3, 0.4) is 0 Å². The molecule has 0 radical (unpaired) electrons. The van der Waals surface area contributed by atoms with Crippen molar-refractivity contribution in [2.45, 2.75) is 23.3 Å². The molecule has 40 heavy (non-hydrogen) atoms. The molecule has 0 aliphatic carbocycles. The van der Waals surface area contributed by atoms with Crippen LogP contribution in [0.15, 0.2) is 106 Å². The van der Waals surface area contributed by atoms with E-state index < -0.39 is 20.2 Å². The molecule has 12 heteroatoms. The second kappa shape index (κ2) is 12.7. The Labute approximate surface area is 233 Å². The fraction of sp³-hybridized carbons (Fsp3) is 0.250. The predicted molar refractivity (Wildman–Crippen MR) is 153 cm³/mol. The van der Waals surface area contributed by atoms with Gasteiger partial charge in [0.05, 0.1) is 34.0 Å². The van der Waals surface area contributed by atoms with Gasteiger partial charge in [0, 0.05) is 31.9 Å². The van der Waals surface area contributed by atoms with Gasteiger partial charge in [-0.2, -0.15) is 16.8 Å². The lowest BCUT2D eigenvalue weighted by molar-refractivity contribution is 0.177. The van der Waals surface area contributed by atoms with E-state index in [1.165, 1.54) is 28.8 Å². The molecule has 0 N–H and O–H groups in total. The molecule has 1 aromatic heterocycles. The molecule has 0 saturated carbocycles. The van der Waals surface area contributed by atoms with Crippen LogP contribution in [0.25, 0.3) is 16.7 Å². The summed E-state index contributed by atoms with van der Waals surface area (Å²) in [6.07, 6.45) is 0. The molecule has 0 unspecified atom stereocenters. The maximum absolute atomic E-state index is 13.2. The van der Waals surface area contributed by atoms with Gasteiger partial charge in [-0.15, -0.1) is 0 Å². The van der Waals surface area contributed by atoms with Gasteiger partial charge in [0.25, 0.3) is 20.2 Å². The number of nitrogens with zero attached hydrogens (tertiary/aromatic N) is 3. The van der Waals surface area contributed by atoms with Crippen LogP contribution < -0.4 is 5.69 Å². The van der Waals surface area contributed by atoms with Crippen LogP contribution in [0.4, 0.5) is 0 Å². The van der Waals surface area contributed by atoms with E-state index >= 15 is 0 Å². The number of rotatable bonds is 14. The van der Waals surface area contributed by atoms with Crippen molar-refractivity contribution in [1.82, 2.24) is 14.0 Å². The van der Waals surface area contributed by atoms with Gasteiger partial charge < -0.3 is 0 Å². The zero-order valence-corrected chi connectivity index (χ0v) is 23.7. The molecule has 0 spiro atoms. The molecular formula is C28H31N3O7S2. The third kappa shape index (κ3) is 6.95. The van der Waals surface area contributed by atoms with Crippen molar-refractivity contribution in [3.8, 4) is 0 Å². The summed E-state index contributed by atoms with van der Waals surface area (Å²) >= 11 is 0. The van der Waals surface area contributed by atoms with Gasteiger partial charge in [-0.3, -0.25) is 22.4 Å². The summed E-state index contributed by atoms with van der Waals surface area (Å²) < 4.78 is 63.8. The van der Waals surface area contributed by atoms with Crippen LogP contribution in [0, 0.1) is 0 Å². The van der Waals surface area contributed by atoms with Gasteiger partial charge in [0.15, 0.2) is 0 Å². The van der Waals surface area contributed by atoms with Crippen molar-refractivity contribution in [3.05, 3.63) is 102 Å². The number of fused-ring (bicyclic) bond motifs is 1. The first kappa shape index (κ1) is 29.4. The second-order valence-corrected chi connectivity index (χ2v) is 12.2. The lowest BCUT2D eigenvalue weighted by atomic mass is 10.3. The number of para-hydroxylation sites is 2. The minimum absolute atomic E-state index is 0.0398. The van der Waals surface area contributed by atoms with Gasteiger partial charge in [0.2, 0.25) is 0 Å². The standard InChI is InChI=1S/C28H31N3O7S2/c1-23(2)31-27-16-10-9-15-26(27)30(28(31)32)18-17-29(19-21-37-39(33,34)24-11-5-3-6-12-24)20-22-38-40(35,36)25-13-7-4-8-14-25/h3-16H,1,17-22H2,2H3. The van der Waals surface area contributed by atoms with Crippen molar-refractivity contribution in [2.24, 2.45) is 0 Å². The summed E-state index contributed by atoms with van der Waals surface area (Å²) in [5.74, 6) is 0. The summed E-state index contributed by atoms with van der Waals surface area (Å²) in [4.78, 5) is 15.1. The van der Waals surface area contributed by atoms with Crippen molar-refractivity contribution in [1.29, 1.82) is 0 Å². The highest BCUT2D eigenvalue weighted by Crippen LogP contribution is 2.16. The highest BCUT2D eigenvalue weighted by atomic mass is 32.2. The minimum atomic E-state index is -3.97. The number of imidazole rings is 1. The molecule has 0 aliphatic heterocycles. The molecule has 0 aliphatic rings. The molecule has 0 amide bonds. The zero-order chi connectivity index (χ0) is 28.8. The van der Waals surface area contributed by atoms with E-state index in [9.17, 15) is 21.6 Å². The summed E-state index contributed by atoms with van der Waals surface area (Å²) in [5, 5.41) is 0. The molecule has 4 rings (SSSR count). The lowest BCUT2D eigenvalue weighted by Crippen LogP contribution is -2.36. The first-order valence-electron chi connectivity index (χ1n) is 12.6. The fourth-order valence-electron chi connectivity index (χ4n) is 4.23. The Bertz CT molecular complexity index is 1660. The first-order chi connectivity index (χ1) is 19.1. The van der Waals surface area contributed by atoms with Crippen molar-refractivity contribution >= 4 is 37.0 Å². The zero-order valence-electron chi connectivity index (χ0n) is 22.0. The van der Waals surface area contributed by atoms with E-state index in [2.05, 4.69) is 6.58 Å². The lowest BCUT2D eigenvalue weighted by Gasteiger charge is -2.22. The number of aromatic nitrogens is 2. The molecule has 0 atom stereocenters. The normalized spacial score (nSPS) is 12.2. The Balaban J connectivity index is 1.48. The summed E-state index contributed by atoms with van der Waals surface area (Å²) in [7, 11) is -7.93. The number of benzene rings is 3. The van der Waals surface area contributed by atoms with E-state index in [1.54, 1.807) is 52.8 Å². The maximum atomic E-state index is 13.2. The number of hydrogen-bond donors (Lipinski definition) is 0. The van der Waals surface area contributed by atoms with Crippen molar-refractivity contribution in [3.63, 3.8) is 0 Å². The van der Waals surface area contributed by atoms with Gasteiger partial charge in [-0.05, 0) is 43.3 Å². The van der Waals surface area contributed by atoms with Gasteiger partial charge in [-0.25, -0.2) is 4.79 Å². The quantitative estimate of drug-likeness (QED) is 0.207.